The van der Waals surface area contributed by atoms with Gasteiger partial charge in [0.1, 0.15) is 5.75 Å². The molecule has 0 bridgehead atoms. The molecule has 2 aromatic rings. The summed E-state index contributed by atoms with van der Waals surface area (Å²) in [4.78, 5) is 12.2. The van der Waals surface area contributed by atoms with Crippen LogP contribution in [0, 0.1) is 13.8 Å². The zero-order chi connectivity index (χ0) is 31.8. The van der Waals surface area contributed by atoms with E-state index in [9.17, 15) is 61.9 Å². The fraction of sp³-hybridized carbons (Fsp3) is 0.409. The lowest BCUT2D eigenvalue weighted by molar-refractivity contribution is -0.535. The van der Waals surface area contributed by atoms with Crippen molar-refractivity contribution in [2.24, 2.45) is 0 Å². The standard InChI is InChI=1S/C22H15BrF13NO4/c1-10-6-11(2)16(14(23)7-10)39-9-15(38)37-13-5-3-4-12(8-13)17(24,25)19(28,29)40-20(30,31)18(26,27)21(32,33)41-22(34,35)36/h3-8H,9H2,1-2H3,(H,37,38). The largest absolute Gasteiger partial charge is 0.527 e. The summed E-state index contributed by atoms with van der Waals surface area (Å²) < 4.78 is 182. The Morgan fingerprint density at radius 2 is 1.37 bits per heavy atom. The van der Waals surface area contributed by atoms with Gasteiger partial charge in [0.05, 0.1) is 4.47 Å². The van der Waals surface area contributed by atoms with Crippen molar-refractivity contribution >= 4 is 27.5 Å². The summed E-state index contributed by atoms with van der Waals surface area (Å²) in [5, 5.41) is 1.95. The Kier molecular flexibility index (Phi) is 9.62. The van der Waals surface area contributed by atoms with Gasteiger partial charge in [-0.1, -0.05) is 18.2 Å². The van der Waals surface area contributed by atoms with Crippen LogP contribution in [0.2, 0.25) is 0 Å². The first-order valence-electron chi connectivity index (χ1n) is 10.5. The van der Waals surface area contributed by atoms with Crippen LogP contribution in [-0.4, -0.2) is 43.1 Å². The molecule has 1 amide bonds. The van der Waals surface area contributed by atoms with Gasteiger partial charge >= 0.3 is 36.5 Å². The predicted molar refractivity (Wildman–Crippen MR) is 116 cm³/mol. The molecule has 2 rings (SSSR count). The molecule has 0 aliphatic carbocycles. The predicted octanol–water partition coefficient (Wildman–Crippen LogP) is 8.14. The van der Waals surface area contributed by atoms with Gasteiger partial charge in [0.2, 0.25) is 0 Å². The van der Waals surface area contributed by atoms with Gasteiger partial charge in [-0.3, -0.25) is 4.79 Å². The minimum absolute atomic E-state index is 0.0693. The lowest BCUT2D eigenvalue weighted by Gasteiger charge is -2.35. The number of ether oxygens (including phenoxy) is 3. The molecule has 0 heterocycles. The first-order chi connectivity index (χ1) is 18.3. The van der Waals surface area contributed by atoms with Gasteiger partial charge in [0.25, 0.3) is 5.91 Å². The number of aryl methyl sites for hydroxylation is 2. The summed E-state index contributed by atoms with van der Waals surface area (Å²) in [5.41, 5.74) is -1.22. The van der Waals surface area contributed by atoms with E-state index in [1.807, 2.05) is 10.1 Å². The highest BCUT2D eigenvalue weighted by molar-refractivity contribution is 9.10. The zero-order valence-electron chi connectivity index (χ0n) is 20.1. The van der Waals surface area contributed by atoms with E-state index in [-0.39, 0.29) is 17.9 Å². The molecule has 19 heteroatoms. The Bertz CT molecular complexity index is 1250. The zero-order valence-corrected chi connectivity index (χ0v) is 21.7. The van der Waals surface area contributed by atoms with Crippen LogP contribution in [0.4, 0.5) is 62.8 Å². The highest BCUT2D eigenvalue weighted by atomic mass is 79.9. The number of halogens is 14. The van der Waals surface area contributed by atoms with E-state index >= 15 is 0 Å². The SMILES string of the molecule is Cc1cc(C)c(OCC(=O)Nc2cccc(C(F)(F)C(F)(F)OC(F)(F)C(F)(F)C(F)(F)OC(F)(F)F)c2)c(Br)c1. The van der Waals surface area contributed by atoms with E-state index in [0.29, 0.717) is 16.1 Å². The monoisotopic (exact) mass is 683 g/mol. The second-order valence-electron chi connectivity index (χ2n) is 8.16. The molecule has 0 saturated heterocycles. The van der Waals surface area contributed by atoms with Crippen molar-refractivity contribution in [3.63, 3.8) is 0 Å². The lowest BCUT2D eigenvalue weighted by Crippen LogP contribution is -2.61. The van der Waals surface area contributed by atoms with E-state index < -0.39 is 60.3 Å². The quantitative estimate of drug-likeness (QED) is 0.243. The average molecular weight is 684 g/mol. The average Bonchev–Trinajstić information content (AvgIpc) is 2.75. The summed E-state index contributed by atoms with van der Waals surface area (Å²) in [6, 6.07) is 4.96. The Balaban J connectivity index is 2.23. The van der Waals surface area contributed by atoms with Gasteiger partial charge in [-0.15, -0.1) is 13.2 Å². The molecule has 2 aromatic carbocycles. The summed E-state index contributed by atoms with van der Waals surface area (Å²) in [7, 11) is 0. The van der Waals surface area contributed by atoms with E-state index in [1.165, 1.54) is 0 Å². The molecule has 0 aliphatic rings. The van der Waals surface area contributed by atoms with E-state index in [1.54, 1.807) is 30.7 Å². The summed E-state index contributed by atoms with van der Waals surface area (Å²) in [5.74, 6) is -14.4. The Labute approximate surface area is 229 Å². The highest BCUT2D eigenvalue weighted by Crippen LogP contribution is 2.54. The van der Waals surface area contributed by atoms with Crippen molar-refractivity contribution in [1.29, 1.82) is 0 Å². The normalized spacial score (nSPS) is 13.8. The van der Waals surface area contributed by atoms with Crippen LogP contribution in [0.1, 0.15) is 16.7 Å². The molecule has 0 spiro atoms. The number of hydrogen-bond acceptors (Lipinski definition) is 4. The third kappa shape index (κ3) is 7.73. The number of carbonyl (C=O) groups excluding carboxylic acids is 1. The van der Waals surface area contributed by atoms with Crippen LogP contribution in [0.3, 0.4) is 0 Å². The molecule has 0 unspecified atom stereocenters. The summed E-state index contributed by atoms with van der Waals surface area (Å²) >= 11 is 3.20. The molecule has 5 nitrogen and oxygen atoms in total. The van der Waals surface area contributed by atoms with Gasteiger partial charge in [-0.25, -0.2) is 9.47 Å². The number of amides is 1. The molecule has 0 aromatic heterocycles. The molecular weight excluding hydrogens is 669 g/mol. The van der Waals surface area contributed by atoms with Crippen molar-refractivity contribution in [3.8, 4) is 5.75 Å². The van der Waals surface area contributed by atoms with Gasteiger partial charge in [-0.05, 0) is 59.1 Å². The van der Waals surface area contributed by atoms with Crippen LogP contribution in [-0.2, 0) is 20.2 Å². The number of anilines is 1. The third-order valence-corrected chi connectivity index (χ3v) is 5.42. The van der Waals surface area contributed by atoms with Crippen LogP contribution < -0.4 is 10.1 Å². The Hall–Kier alpha value is -2.80. The fourth-order valence-electron chi connectivity index (χ4n) is 3.05. The Morgan fingerprint density at radius 3 is 1.90 bits per heavy atom. The van der Waals surface area contributed by atoms with Gasteiger partial charge in [-0.2, -0.15) is 43.9 Å². The van der Waals surface area contributed by atoms with E-state index in [2.05, 4.69) is 15.9 Å². The van der Waals surface area contributed by atoms with Gasteiger partial charge in [0.15, 0.2) is 6.61 Å². The topological polar surface area (TPSA) is 56.8 Å². The van der Waals surface area contributed by atoms with Crippen molar-refractivity contribution in [2.75, 3.05) is 11.9 Å². The maximum Gasteiger partial charge on any atom is 0.527 e. The number of nitrogens with one attached hydrogen (secondary N) is 1. The van der Waals surface area contributed by atoms with Crippen LogP contribution in [0.15, 0.2) is 40.9 Å². The van der Waals surface area contributed by atoms with Crippen LogP contribution in [0.25, 0.3) is 0 Å². The molecule has 0 aliphatic heterocycles. The lowest BCUT2D eigenvalue weighted by atomic mass is 10.1. The molecule has 0 saturated carbocycles. The van der Waals surface area contributed by atoms with Gasteiger partial charge in [0, 0.05) is 11.3 Å². The molecule has 41 heavy (non-hydrogen) atoms. The molecule has 230 valence electrons. The molecule has 0 fully saturated rings. The molecular formula is C22H15BrF13NO4. The first-order valence-corrected chi connectivity index (χ1v) is 11.3. The fourth-order valence-corrected chi connectivity index (χ4v) is 3.84. The van der Waals surface area contributed by atoms with Crippen molar-refractivity contribution in [1.82, 2.24) is 0 Å². The minimum Gasteiger partial charge on any atom is -0.482 e. The number of rotatable bonds is 11. The highest BCUT2D eigenvalue weighted by Gasteiger charge is 2.80. The van der Waals surface area contributed by atoms with E-state index in [0.717, 1.165) is 11.6 Å². The number of benzene rings is 2. The minimum atomic E-state index is -7.53. The number of carbonyl (C=O) groups is 1. The van der Waals surface area contributed by atoms with E-state index in [4.69, 9.17) is 4.74 Å². The van der Waals surface area contributed by atoms with Crippen molar-refractivity contribution < 1.29 is 76.1 Å². The Morgan fingerprint density at radius 1 is 0.805 bits per heavy atom. The maximum absolute atomic E-state index is 14.4. The molecule has 1 N–H and O–H groups in total. The maximum atomic E-state index is 14.4. The number of hydrogen-bond donors (Lipinski definition) is 1. The second-order valence-corrected chi connectivity index (χ2v) is 9.01. The summed E-state index contributed by atoms with van der Waals surface area (Å²) in [6.45, 7) is 2.64. The van der Waals surface area contributed by atoms with Crippen molar-refractivity contribution in [3.05, 3.63) is 57.6 Å². The third-order valence-electron chi connectivity index (χ3n) is 4.83. The number of alkyl halides is 13. The van der Waals surface area contributed by atoms with Crippen LogP contribution >= 0.6 is 15.9 Å². The summed E-state index contributed by atoms with van der Waals surface area (Å²) in [6.07, 6.45) is -28.0. The molecule has 0 atom stereocenters. The first kappa shape index (κ1) is 34.4. The smallest absolute Gasteiger partial charge is 0.482 e. The second kappa shape index (κ2) is 11.5. The van der Waals surface area contributed by atoms with Crippen LogP contribution in [0.5, 0.6) is 5.75 Å². The van der Waals surface area contributed by atoms with Gasteiger partial charge < -0.3 is 10.1 Å². The van der Waals surface area contributed by atoms with Crippen molar-refractivity contribution in [2.45, 2.75) is 50.4 Å². The molecule has 0 radical (unpaired) electrons.